The molecule has 1 fully saturated rings. The molecular formula is C13H26Cl2N6O5. The number of nitrogens with one attached hydrogen (secondary N) is 3. The van der Waals surface area contributed by atoms with Gasteiger partial charge in [0.1, 0.15) is 6.04 Å². The number of carboxylic acids is 1. The Morgan fingerprint density at radius 3 is 2.62 bits per heavy atom. The Labute approximate surface area is 163 Å². The van der Waals surface area contributed by atoms with Crippen LogP contribution in [0, 0.1) is 21.4 Å². The Morgan fingerprint density at radius 1 is 1.46 bits per heavy atom. The summed E-state index contributed by atoms with van der Waals surface area (Å²) < 4.78 is 0. The number of carbonyl (C=O) groups excluding carboxylic acids is 1. The van der Waals surface area contributed by atoms with E-state index in [0.29, 0.717) is 19.4 Å². The second-order valence-corrected chi connectivity index (χ2v) is 5.93. The van der Waals surface area contributed by atoms with Crippen LogP contribution in [0.3, 0.4) is 0 Å². The fourth-order valence-electron chi connectivity index (χ4n) is 2.64. The Morgan fingerprint density at radius 2 is 2.08 bits per heavy atom. The van der Waals surface area contributed by atoms with Gasteiger partial charge < -0.3 is 21.1 Å². The standard InChI is InChI=1S/C13H24N6O5.2ClH/c1-8-4-6-18(10(7-8)12(21)22)11(20)9(14)3-2-5-16-13(15)17-19(23)24;;/h8-10H,2-7,14H2,1H3,(H,21,22)(H3,15,16,17);2*1H/t8-,9+,10-;;/m1../s1. The van der Waals surface area contributed by atoms with E-state index in [4.69, 9.17) is 11.1 Å². The van der Waals surface area contributed by atoms with Gasteiger partial charge in [0.2, 0.25) is 5.91 Å². The van der Waals surface area contributed by atoms with Crippen molar-refractivity contribution in [2.24, 2.45) is 11.7 Å². The van der Waals surface area contributed by atoms with Gasteiger partial charge in [-0.1, -0.05) is 12.3 Å². The van der Waals surface area contributed by atoms with Gasteiger partial charge in [0.25, 0.3) is 5.96 Å². The highest BCUT2D eigenvalue weighted by atomic mass is 35.5. The second kappa shape index (κ2) is 12.5. The van der Waals surface area contributed by atoms with E-state index >= 15 is 0 Å². The first kappa shape index (κ1) is 26.4. The van der Waals surface area contributed by atoms with Crippen molar-refractivity contribution in [3.8, 4) is 0 Å². The summed E-state index contributed by atoms with van der Waals surface area (Å²) >= 11 is 0. The fourth-order valence-corrected chi connectivity index (χ4v) is 2.64. The first-order chi connectivity index (χ1) is 11.2. The van der Waals surface area contributed by atoms with Crippen molar-refractivity contribution in [3.63, 3.8) is 0 Å². The van der Waals surface area contributed by atoms with Gasteiger partial charge in [0.15, 0.2) is 5.03 Å². The van der Waals surface area contributed by atoms with Crippen molar-refractivity contribution in [2.45, 2.75) is 44.7 Å². The van der Waals surface area contributed by atoms with Crippen LogP contribution in [-0.4, -0.2) is 58.0 Å². The Balaban J connectivity index is 0. The summed E-state index contributed by atoms with van der Waals surface area (Å²) in [5.41, 5.74) is 7.50. The van der Waals surface area contributed by atoms with E-state index < -0.39 is 35.0 Å². The molecular weight excluding hydrogens is 391 g/mol. The van der Waals surface area contributed by atoms with Gasteiger partial charge in [0.05, 0.1) is 6.04 Å². The van der Waals surface area contributed by atoms with Gasteiger partial charge in [0, 0.05) is 13.1 Å². The minimum absolute atomic E-state index is 0. The van der Waals surface area contributed by atoms with Crippen LogP contribution in [0.5, 0.6) is 0 Å². The third-order valence-electron chi connectivity index (χ3n) is 3.95. The van der Waals surface area contributed by atoms with Crippen molar-refractivity contribution in [1.29, 1.82) is 5.41 Å². The molecule has 1 heterocycles. The van der Waals surface area contributed by atoms with Crippen LogP contribution < -0.4 is 16.5 Å². The van der Waals surface area contributed by atoms with Crippen molar-refractivity contribution in [3.05, 3.63) is 10.1 Å². The molecule has 1 aliphatic heterocycles. The number of nitrogens with zero attached hydrogens (tertiary/aromatic N) is 2. The maximum Gasteiger partial charge on any atom is 0.326 e. The molecule has 26 heavy (non-hydrogen) atoms. The van der Waals surface area contributed by atoms with Crippen LogP contribution in [0.1, 0.15) is 32.6 Å². The lowest BCUT2D eigenvalue weighted by molar-refractivity contribution is -0.525. The van der Waals surface area contributed by atoms with Crippen LogP contribution in [0.15, 0.2) is 0 Å². The zero-order valence-corrected chi connectivity index (χ0v) is 16.0. The van der Waals surface area contributed by atoms with Crippen molar-refractivity contribution in [2.75, 3.05) is 13.1 Å². The number of aliphatic carboxylic acids is 1. The number of hydrogen-bond donors (Lipinski definition) is 5. The number of halogens is 2. The first-order valence-corrected chi connectivity index (χ1v) is 7.74. The topological polar surface area (TPSA) is 175 Å². The summed E-state index contributed by atoms with van der Waals surface area (Å²) in [4.78, 5) is 35.1. The molecule has 0 aromatic carbocycles. The lowest BCUT2D eigenvalue weighted by atomic mass is 9.91. The minimum atomic E-state index is -1.02. The zero-order valence-electron chi connectivity index (χ0n) is 14.3. The van der Waals surface area contributed by atoms with E-state index in [1.54, 1.807) is 5.43 Å². The van der Waals surface area contributed by atoms with E-state index in [1.165, 1.54) is 4.90 Å². The van der Waals surface area contributed by atoms with Crippen molar-refractivity contribution in [1.82, 2.24) is 15.6 Å². The first-order valence-electron chi connectivity index (χ1n) is 7.74. The molecule has 1 saturated heterocycles. The maximum atomic E-state index is 12.4. The zero-order chi connectivity index (χ0) is 18.3. The average Bonchev–Trinajstić information content (AvgIpc) is 2.49. The highest BCUT2D eigenvalue weighted by molar-refractivity contribution is 5.87. The molecule has 1 rings (SSSR count). The van der Waals surface area contributed by atoms with Crippen molar-refractivity contribution >= 4 is 42.7 Å². The minimum Gasteiger partial charge on any atom is -0.480 e. The molecule has 0 unspecified atom stereocenters. The van der Waals surface area contributed by atoms with Crippen molar-refractivity contribution < 1.29 is 19.7 Å². The third-order valence-corrected chi connectivity index (χ3v) is 3.95. The molecule has 6 N–H and O–H groups in total. The maximum absolute atomic E-state index is 12.4. The lowest BCUT2D eigenvalue weighted by Gasteiger charge is -2.37. The van der Waals surface area contributed by atoms with Gasteiger partial charge in [-0.15, -0.1) is 24.8 Å². The van der Waals surface area contributed by atoms with Crippen LogP contribution >= 0.6 is 24.8 Å². The smallest absolute Gasteiger partial charge is 0.326 e. The predicted molar refractivity (Wildman–Crippen MR) is 99.1 cm³/mol. The van der Waals surface area contributed by atoms with E-state index in [-0.39, 0.29) is 43.7 Å². The summed E-state index contributed by atoms with van der Waals surface area (Å²) in [6, 6.07) is -1.68. The molecule has 0 bridgehead atoms. The summed E-state index contributed by atoms with van der Waals surface area (Å²) in [7, 11) is 0. The Bertz CT molecular complexity index is 509. The molecule has 0 aromatic rings. The number of guanidine groups is 1. The van der Waals surface area contributed by atoms with E-state index in [1.807, 2.05) is 6.92 Å². The Hall–Kier alpha value is -1.85. The number of likely N-dealkylation sites (tertiary alicyclic amines) is 1. The van der Waals surface area contributed by atoms with Crippen LogP contribution in [0.4, 0.5) is 0 Å². The number of carboxylic acid groups (broad SMARTS) is 1. The number of carbonyl (C=O) groups is 2. The molecule has 0 radical (unpaired) electrons. The summed E-state index contributed by atoms with van der Waals surface area (Å²) in [5, 5.41) is 28.2. The number of rotatable bonds is 7. The molecule has 0 aromatic heterocycles. The number of piperidine rings is 1. The SMILES string of the molecule is C[C@@H]1CCN(C(=O)[C@@H](N)CCCNC(=N)N[N+](=O)[O-])[C@@H](C(=O)O)C1.Cl.Cl. The fraction of sp³-hybridized carbons (Fsp3) is 0.769. The number of hydrazine groups is 1. The average molecular weight is 417 g/mol. The Kier molecular flexibility index (Phi) is 12.7. The molecule has 0 spiro atoms. The normalized spacial score (nSPS) is 20.0. The number of amides is 1. The van der Waals surface area contributed by atoms with Gasteiger partial charge in [-0.2, -0.15) is 0 Å². The van der Waals surface area contributed by atoms with E-state index in [0.717, 1.165) is 6.42 Å². The molecule has 0 saturated carbocycles. The molecule has 11 nitrogen and oxygen atoms in total. The van der Waals surface area contributed by atoms with Crippen LogP contribution in [0.2, 0.25) is 0 Å². The molecule has 1 amide bonds. The van der Waals surface area contributed by atoms with Gasteiger partial charge in [-0.05, 0) is 31.6 Å². The quantitative estimate of drug-likeness (QED) is 0.126. The predicted octanol–water partition coefficient (Wildman–Crippen LogP) is -0.0451. The third kappa shape index (κ3) is 8.50. The van der Waals surface area contributed by atoms with Crippen LogP contribution in [0.25, 0.3) is 0 Å². The summed E-state index contributed by atoms with van der Waals surface area (Å²) in [6.45, 7) is 2.57. The molecule has 1 aliphatic rings. The molecule has 0 aliphatic carbocycles. The molecule has 13 heteroatoms. The second-order valence-electron chi connectivity index (χ2n) is 5.93. The monoisotopic (exact) mass is 416 g/mol. The molecule has 152 valence electrons. The van der Waals surface area contributed by atoms with E-state index in [2.05, 4.69) is 5.32 Å². The molecule has 3 atom stereocenters. The highest BCUT2D eigenvalue weighted by Crippen LogP contribution is 2.23. The number of hydrogen-bond acceptors (Lipinski definition) is 6. The number of nitrogens with two attached hydrogens (primary N) is 1. The lowest BCUT2D eigenvalue weighted by Crippen LogP contribution is -2.54. The summed E-state index contributed by atoms with van der Waals surface area (Å²) in [6.07, 6.45) is 1.86. The van der Waals surface area contributed by atoms with Gasteiger partial charge in [-0.25, -0.2) is 14.9 Å². The van der Waals surface area contributed by atoms with Gasteiger partial charge >= 0.3 is 5.97 Å². The van der Waals surface area contributed by atoms with E-state index in [9.17, 15) is 24.8 Å². The van der Waals surface area contributed by atoms with Gasteiger partial charge in [-0.3, -0.25) is 10.2 Å². The largest absolute Gasteiger partial charge is 0.480 e. The highest BCUT2D eigenvalue weighted by Gasteiger charge is 2.36. The number of nitro groups is 1. The van der Waals surface area contributed by atoms with Crippen LogP contribution in [-0.2, 0) is 9.59 Å². The summed E-state index contributed by atoms with van der Waals surface area (Å²) in [5.74, 6) is -1.62.